The van der Waals surface area contributed by atoms with Gasteiger partial charge in [0.2, 0.25) is 5.91 Å². The van der Waals surface area contributed by atoms with Gasteiger partial charge in [-0.2, -0.15) is 0 Å². The number of amides is 1. The number of hydrogen-bond acceptors (Lipinski definition) is 7. The molecule has 0 fully saturated rings. The molecule has 3 aromatic heterocycles. The van der Waals surface area contributed by atoms with Crippen molar-refractivity contribution in [3.8, 4) is 0 Å². The normalized spacial score (nSPS) is 11.1. The number of fused-ring (bicyclic) bond motifs is 1. The second kappa shape index (κ2) is 6.96. The molecule has 4 aromatic rings. The lowest BCUT2D eigenvalue weighted by Crippen LogP contribution is -2.34. The Morgan fingerprint density at radius 3 is 2.31 bits per heavy atom. The van der Waals surface area contributed by atoms with Crippen molar-refractivity contribution in [2.24, 2.45) is 0 Å². The Kier molecular flexibility index (Phi) is 4.36. The van der Waals surface area contributed by atoms with Crippen molar-refractivity contribution in [2.75, 3.05) is 0 Å². The molecule has 0 saturated heterocycles. The van der Waals surface area contributed by atoms with Crippen LogP contribution in [0, 0.1) is 0 Å². The highest BCUT2D eigenvalue weighted by molar-refractivity contribution is 7.13. The van der Waals surface area contributed by atoms with Gasteiger partial charge in [0.25, 0.3) is 5.56 Å². The van der Waals surface area contributed by atoms with Crippen LogP contribution in [0.3, 0.4) is 0 Å². The van der Waals surface area contributed by atoms with E-state index in [-0.39, 0.29) is 31.1 Å². The average Bonchev–Trinajstić information content (AvgIpc) is 3.38. The summed E-state index contributed by atoms with van der Waals surface area (Å²) in [5.41, 5.74) is 1.07. The molecule has 3 heterocycles. The molecule has 0 aliphatic heterocycles. The van der Waals surface area contributed by atoms with Crippen molar-refractivity contribution in [1.82, 2.24) is 18.8 Å². The van der Waals surface area contributed by atoms with Crippen molar-refractivity contribution in [2.45, 2.75) is 19.6 Å². The summed E-state index contributed by atoms with van der Waals surface area (Å²) in [6.07, 6.45) is 5.58. The number of nitrogens with zero attached hydrogens (tertiary/aromatic N) is 4. The van der Waals surface area contributed by atoms with Gasteiger partial charge in [0, 0.05) is 0 Å². The molecule has 0 atom stereocenters. The fraction of sp³-hybridized carbons (Fsp3) is 0.176. The topological polar surface area (TPSA) is 94.4 Å². The molecule has 4 rings (SSSR count). The van der Waals surface area contributed by atoms with Crippen molar-refractivity contribution in [3.63, 3.8) is 0 Å². The largest absolute Gasteiger partial charge is 0.451 e. The molecule has 0 saturated carbocycles. The molecule has 8 nitrogen and oxygen atoms in total. The molecule has 0 aliphatic carbocycles. The molecule has 0 spiro atoms. The smallest absolute Gasteiger partial charge is 0.268 e. The molecular formula is C17H14N4O4S. The molecule has 0 N–H and O–H groups in total. The molecule has 132 valence electrons. The fourth-order valence-corrected chi connectivity index (χ4v) is 3.59. The van der Waals surface area contributed by atoms with Crippen molar-refractivity contribution >= 4 is 27.5 Å². The van der Waals surface area contributed by atoms with Gasteiger partial charge in [0.15, 0.2) is 12.8 Å². The van der Waals surface area contributed by atoms with Crippen LogP contribution >= 0.6 is 11.5 Å². The van der Waals surface area contributed by atoms with Gasteiger partial charge in [0.1, 0.15) is 19.1 Å². The average molecular weight is 370 g/mol. The van der Waals surface area contributed by atoms with E-state index < -0.39 is 0 Å². The van der Waals surface area contributed by atoms with E-state index in [1.165, 1.54) is 40.8 Å². The molecule has 0 bridgehead atoms. The second-order valence-corrected chi connectivity index (χ2v) is 6.70. The van der Waals surface area contributed by atoms with E-state index in [0.29, 0.717) is 16.8 Å². The molecule has 0 radical (unpaired) electrons. The van der Waals surface area contributed by atoms with Gasteiger partial charge in [0.05, 0.1) is 34.6 Å². The monoisotopic (exact) mass is 370 g/mol. The first-order valence-electron chi connectivity index (χ1n) is 7.81. The molecule has 26 heavy (non-hydrogen) atoms. The summed E-state index contributed by atoms with van der Waals surface area (Å²) in [5.74, 6) is -0.218. The maximum Gasteiger partial charge on any atom is 0.268 e. The summed E-state index contributed by atoms with van der Waals surface area (Å²) in [7, 11) is 0. The zero-order valence-electron chi connectivity index (χ0n) is 13.6. The summed E-state index contributed by atoms with van der Waals surface area (Å²) in [6.45, 7) is 0.456. The van der Waals surface area contributed by atoms with Gasteiger partial charge in [-0.25, -0.2) is 9.97 Å². The number of carbonyl (C=O) groups is 1. The summed E-state index contributed by atoms with van der Waals surface area (Å²) >= 11 is 1.27. The lowest BCUT2D eigenvalue weighted by Gasteiger charge is -2.20. The van der Waals surface area contributed by atoms with Crippen LogP contribution in [0.4, 0.5) is 0 Å². The number of benzene rings is 1. The lowest BCUT2D eigenvalue weighted by molar-refractivity contribution is -0.133. The van der Waals surface area contributed by atoms with Crippen LogP contribution in [-0.4, -0.2) is 24.7 Å². The second-order valence-electron chi connectivity index (χ2n) is 5.64. The number of rotatable bonds is 6. The summed E-state index contributed by atoms with van der Waals surface area (Å²) in [5, 5.41) is 0.616. The van der Waals surface area contributed by atoms with Gasteiger partial charge in [-0.15, -0.1) is 0 Å². The Balaban J connectivity index is 1.58. The van der Waals surface area contributed by atoms with E-state index in [0.717, 1.165) is 4.70 Å². The minimum atomic E-state index is -0.218. The summed E-state index contributed by atoms with van der Waals surface area (Å²) in [6, 6.07) is 7.30. The number of hydrogen-bond donors (Lipinski definition) is 0. The molecule has 1 aromatic carbocycles. The third-order valence-corrected chi connectivity index (χ3v) is 4.92. The Morgan fingerprint density at radius 1 is 1.08 bits per heavy atom. The SMILES string of the molecule is O=C(Cn1sc2ccccc2c1=O)N(Cc1cocn1)Cc1cocn1. The van der Waals surface area contributed by atoms with E-state index in [1.54, 1.807) is 11.0 Å². The van der Waals surface area contributed by atoms with E-state index >= 15 is 0 Å². The van der Waals surface area contributed by atoms with Crippen molar-refractivity contribution in [3.05, 3.63) is 71.3 Å². The van der Waals surface area contributed by atoms with Gasteiger partial charge in [-0.3, -0.25) is 13.5 Å². The van der Waals surface area contributed by atoms with Crippen LogP contribution < -0.4 is 5.56 Å². The summed E-state index contributed by atoms with van der Waals surface area (Å²) in [4.78, 5) is 35.0. The Bertz CT molecular complexity index is 1030. The highest BCUT2D eigenvalue weighted by Gasteiger charge is 2.19. The van der Waals surface area contributed by atoms with Crippen LogP contribution in [-0.2, 0) is 24.4 Å². The highest BCUT2D eigenvalue weighted by Crippen LogP contribution is 2.16. The van der Waals surface area contributed by atoms with Crippen LogP contribution in [0.1, 0.15) is 11.4 Å². The molecule has 1 amide bonds. The van der Waals surface area contributed by atoms with E-state index in [1.807, 2.05) is 18.2 Å². The zero-order valence-corrected chi connectivity index (χ0v) is 14.4. The first-order chi connectivity index (χ1) is 12.7. The third-order valence-electron chi connectivity index (χ3n) is 3.86. The van der Waals surface area contributed by atoms with Crippen molar-refractivity contribution in [1.29, 1.82) is 0 Å². The quantitative estimate of drug-likeness (QED) is 0.517. The van der Waals surface area contributed by atoms with Crippen molar-refractivity contribution < 1.29 is 13.6 Å². The predicted octanol–water partition coefficient (Wildman–Crippen LogP) is 2.27. The van der Waals surface area contributed by atoms with E-state index in [2.05, 4.69) is 9.97 Å². The first-order valence-corrected chi connectivity index (χ1v) is 8.59. The molecule has 9 heteroatoms. The van der Waals surface area contributed by atoms with E-state index in [9.17, 15) is 9.59 Å². The van der Waals surface area contributed by atoms with Gasteiger partial charge < -0.3 is 13.7 Å². The maximum atomic E-state index is 12.9. The van der Waals surface area contributed by atoms with Crippen LogP contribution in [0.5, 0.6) is 0 Å². The number of carbonyl (C=O) groups excluding carboxylic acids is 1. The van der Waals surface area contributed by atoms with Gasteiger partial charge in [-0.1, -0.05) is 23.7 Å². The van der Waals surface area contributed by atoms with Crippen LogP contribution in [0.25, 0.3) is 10.1 Å². The summed E-state index contributed by atoms with van der Waals surface area (Å²) < 4.78 is 12.3. The maximum absolute atomic E-state index is 12.9. The zero-order chi connectivity index (χ0) is 17.9. The standard InChI is InChI=1S/C17H14N4O4S/c22-16(7-21-17(23)14-3-1-2-4-15(14)26-21)20(5-12-8-24-10-18-12)6-13-9-25-11-19-13/h1-4,8-11H,5-7H2. The van der Waals surface area contributed by atoms with E-state index in [4.69, 9.17) is 8.83 Å². The predicted molar refractivity (Wildman–Crippen MR) is 93.3 cm³/mol. The first kappa shape index (κ1) is 16.3. The third kappa shape index (κ3) is 3.29. The Morgan fingerprint density at radius 2 is 1.73 bits per heavy atom. The molecule has 0 unspecified atom stereocenters. The fourth-order valence-electron chi connectivity index (χ4n) is 2.60. The van der Waals surface area contributed by atoms with Gasteiger partial charge in [-0.05, 0) is 12.1 Å². The number of aromatic nitrogens is 3. The van der Waals surface area contributed by atoms with Crippen LogP contribution in [0.15, 0.2) is 63.2 Å². The molecular weight excluding hydrogens is 356 g/mol. The Hall–Kier alpha value is -3.20. The Labute approximate surface area is 151 Å². The number of oxazole rings is 2. The minimum Gasteiger partial charge on any atom is -0.451 e. The molecule has 0 aliphatic rings. The minimum absolute atomic E-state index is 0.0477. The lowest BCUT2D eigenvalue weighted by atomic mass is 10.3. The van der Waals surface area contributed by atoms with Crippen LogP contribution in [0.2, 0.25) is 0 Å². The van der Waals surface area contributed by atoms with Gasteiger partial charge >= 0.3 is 0 Å². The highest BCUT2D eigenvalue weighted by atomic mass is 32.1.